The molecule has 3 rings (SSSR count). The monoisotopic (exact) mass is 338 g/mol. The van der Waals surface area contributed by atoms with Crippen molar-refractivity contribution in [2.45, 2.75) is 19.4 Å². The lowest BCUT2D eigenvalue weighted by Crippen LogP contribution is -2.24. The summed E-state index contributed by atoms with van der Waals surface area (Å²) in [5.74, 6) is 0.619. The minimum Gasteiger partial charge on any atom is -0.383 e. The maximum absolute atomic E-state index is 12.3. The molecule has 1 saturated heterocycles. The molecule has 4 nitrogen and oxygen atoms in total. The van der Waals surface area contributed by atoms with Gasteiger partial charge in [0, 0.05) is 38.9 Å². The number of benzene rings is 2. The number of amides is 1. The molecule has 1 fully saturated rings. The van der Waals surface area contributed by atoms with Crippen molar-refractivity contribution in [1.82, 2.24) is 5.32 Å². The maximum atomic E-state index is 12.3. The second kappa shape index (κ2) is 8.79. The Bertz CT molecular complexity index is 670. The molecule has 0 saturated carbocycles. The lowest BCUT2D eigenvalue weighted by atomic mass is 9.98. The van der Waals surface area contributed by atoms with Crippen molar-refractivity contribution in [3.05, 3.63) is 65.7 Å². The molecule has 0 aliphatic carbocycles. The lowest BCUT2D eigenvalue weighted by molar-refractivity contribution is -0.117. The molecule has 25 heavy (non-hydrogen) atoms. The average Bonchev–Trinajstić information content (AvgIpc) is 3.01. The van der Waals surface area contributed by atoms with Crippen molar-refractivity contribution in [3.8, 4) is 0 Å². The molecule has 1 N–H and O–H groups in total. The summed E-state index contributed by atoms with van der Waals surface area (Å²) < 4.78 is 5.03. The van der Waals surface area contributed by atoms with Gasteiger partial charge in [-0.25, -0.2) is 0 Å². The summed E-state index contributed by atoms with van der Waals surface area (Å²) in [5.41, 5.74) is 3.58. The van der Waals surface area contributed by atoms with Gasteiger partial charge in [-0.15, -0.1) is 0 Å². The molecule has 1 unspecified atom stereocenters. The first-order chi connectivity index (χ1) is 12.3. The third-order valence-electron chi connectivity index (χ3n) is 4.63. The van der Waals surface area contributed by atoms with E-state index < -0.39 is 0 Å². The number of anilines is 1. The Morgan fingerprint density at radius 2 is 1.80 bits per heavy atom. The van der Waals surface area contributed by atoms with Crippen molar-refractivity contribution >= 4 is 11.6 Å². The molecular weight excluding hydrogens is 312 g/mol. The van der Waals surface area contributed by atoms with Crippen LogP contribution in [0.1, 0.15) is 17.5 Å². The Hall–Kier alpha value is -2.17. The van der Waals surface area contributed by atoms with Gasteiger partial charge >= 0.3 is 0 Å². The van der Waals surface area contributed by atoms with Gasteiger partial charge in [0.2, 0.25) is 5.91 Å². The van der Waals surface area contributed by atoms with Crippen LogP contribution in [0.4, 0.5) is 5.69 Å². The van der Waals surface area contributed by atoms with Crippen LogP contribution in [0.2, 0.25) is 0 Å². The van der Waals surface area contributed by atoms with Gasteiger partial charge in [0.1, 0.15) is 0 Å². The Kier molecular flexibility index (Phi) is 6.20. The molecule has 1 atom stereocenters. The quantitative estimate of drug-likeness (QED) is 0.752. The molecule has 1 amide bonds. The van der Waals surface area contributed by atoms with Crippen molar-refractivity contribution < 1.29 is 9.53 Å². The fourth-order valence-corrected chi connectivity index (χ4v) is 3.31. The minimum atomic E-state index is 0.232. The molecule has 1 heterocycles. The summed E-state index contributed by atoms with van der Waals surface area (Å²) in [7, 11) is 1.71. The second-order valence-corrected chi connectivity index (χ2v) is 6.60. The molecular formula is C21H26N2O2. The van der Waals surface area contributed by atoms with Crippen molar-refractivity contribution in [1.29, 1.82) is 0 Å². The van der Waals surface area contributed by atoms with Crippen molar-refractivity contribution in [3.63, 3.8) is 0 Å². The zero-order chi connectivity index (χ0) is 17.5. The van der Waals surface area contributed by atoms with Gasteiger partial charge in [-0.1, -0.05) is 42.5 Å². The average molecular weight is 338 g/mol. The molecule has 0 radical (unpaired) electrons. The lowest BCUT2D eigenvalue weighted by Gasteiger charge is -2.16. The largest absolute Gasteiger partial charge is 0.383 e. The van der Waals surface area contributed by atoms with Crippen molar-refractivity contribution in [2.24, 2.45) is 5.92 Å². The van der Waals surface area contributed by atoms with Crippen LogP contribution in [-0.2, 0) is 22.5 Å². The Labute approximate surface area is 149 Å². The van der Waals surface area contributed by atoms with E-state index in [2.05, 4.69) is 29.6 Å². The van der Waals surface area contributed by atoms with E-state index in [1.54, 1.807) is 7.11 Å². The summed E-state index contributed by atoms with van der Waals surface area (Å²) in [5, 5.41) is 3.35. The van der Waals surface area contributed by atoms with E-state index in [9.17, 15) is 4.79 Å². The van der Waals surface area contributed by atoms with Crippen LogP contribution in [0.5, 0.6) is 0 Å². The van der Waals surface area contributed by atoms with Gasteiger partial charge in [0.25, 0.3) is 0 Å². The highest BCUT2D eigenvalue weighted by Gasteiger charge is 2.30. The SMILES string of the molecule is COCCNCc1ccc(CC2CC(=O)N(c3ccccc3)C2)cc1. The first-order valence-electron chi connectivity index (χ1n) is 8.89. The second-order valence-electron chi connectivity index (χ2n) is 6.60. The van der Waals surface area contributed by atoms with E-state index in [-0.39, 0.29) is 5.91 Å². The molecule has 1 aliphatic heterocycles. The molecule has 0 bridgehead atoms. The number of carbonyl (C=O) groups excluding carboxylic acids is 1. The van der Waals surface area contributed by atoms with Crippen LogP contribution in [0.3, 0.4) is 0 Å². The van der Waals surface area contributed by atoms with Gasteiger partial charge in [-0.05, 0) is 35.6 Å². The zero-order valence-electron chi connectivity index (χ0n) is 14.8. The van der Waals surface area contributed by atoms with Crippen molar-refractivity contribution in [2.75, 3.05) is 31.7 Å². The third kappa shape index (κ3) is 4.91. The van der Waals surface area contributed by atoms with E-state index >= 15 is 0 Å². The summed E-state index contributed by atoms with van der Waals surface area (Å²) in [4.78, 5) is 14.2. The predicted molar refractivity (Wildman–Crippen MR) is 101 cm³/mol. The predicted octanol–water partition coefficient (Wildman–Crippen LogP) is 3.02. The third-order valence-corrected chi connectivity index (χ3v) is 4.63. The normalized spacial score (nSPS) is 17.2. The smallest absolute Gasteiger partial charge is 0.227 e. The Morgan fingerprint density at radius 1 is 1.08 bits per heavy atom. The number of ether oxygens (including phenoxy) is 1. The van der Waals surface area contributed by atoms with Gasteiger partial charge < -0.3 is 15.0 Å². The van der Waals surface area contributed by atoms with E-state index in [0.29, 0.717) is 12.3 Å². The number of hydrogen-bond donors (Lipinski definition) is 1. The van der Waals surface area contributed by atoms with E-state index in [0.717, 1.165) is 38.3 Å². The Balaban J connectivity index is 1.52. The van der Waals surface area contributed by atoms with E-state index in [4.69, 9.17) is 4.74 Å². The van der Waals surface area contributed by atoms with Crippen LogP contribution >= 0.6 is 0 Å². The molecule has 2 aromatic rings. The minimum absolute atomic E-state index is 0.232. The summed E-state index contributed by atoms with van der Waals surface area (Å²) in [6, 6.07) is 18.7. The molecule has 132 valence electrons. The fourth-order valence-electron chi connectivity index (χ4n) is 3.31. The van der Waals surface area contributed by atoms with Crippen LogP contribution in [-0.4, -0.2) is 32.7 Å². The Morgan fingerprint density at radius 3 is 2.52 bits per heavy atom. The van der Waals surface area contributed by atoms with E-state index in [1.165, 1.54) is 11.1 Å². The van der Waals surface area contributed by atoms with Gasteiger partial charge in [0.05, 0.1) is 6.61 Å². The number of nitrogens with one attached hydrogen (secondary N) is 1. The highest BCUT2D eigenvalue weighted by atomic mass is 16.5. The number of para-hydroxylation sites is 1. The highest BCUT2D eigenvalue weighted by molar-refractivity contribution is 5.95. The van der Waals surface area contributed by atoms with Crippen LogP contribution in [0.25, 0.3) is 0 Å². The number of nitrogens with zero attached hydrogens (tertiary/aromatic N) is 1. The molecule has 0 aromatic heterocycles. The molecule has 1 aliphatic rings. The summed E-state index contributed by atoms with van der Waals surface area (Å²) in [6.45, 7) is 3.25. The molecule has 2 aromatic carbocycles. The number of methoxy groups -OCH3 is 1. The summed E-state index contributed by atoms with van der Waals surface area (Å²) in [6.07, 6.45) is 1.58. The van der Waals surface area contributed by atoms with Gasteiger partial charge in [-0.3, -0.25) is 4.79 Å². The first-order valence-corrected chi connectivity index (χ1v) is 8.89. The number of hydrogen-bond acceptors (Lipinski definition) is 3. The number of carbonyl (C=O) groups is 1. The fraction of sp³-hybridized carbons (Fsp3) is 0.381. The maximum Gasteiger partial charge on any atom is 0.227 e. The summed E-state index contributed by atoms with van der Waals surface area (Å²) >= 11 is 0. The topological polar surface area (TPSA) is 41.6 Å². The van der Waals surface area contributed by atoms with E-state index in [1.807, 2.05) is 35.2 Å². The van der Waals surface area contributed by atoms with Gasteiger partial charge in [0.15, 0.2) is 0 Å². The first kappa shape index (κ1) is 17.6. The highest BCUT2D eigenvalue weighted by Crippen LogP contribution is 2.27. The molecule has 0 spiro atoms. The van der Waals surface area contributed by atoms with Crippen LogP contribution < -0.4 is 10.2 Å². The molecule has 4 heteroatoms. The van der Waals surface area contributed by atoms with Crippen LogP contribution in [0.15, 0.2) is 54.6 Å². The van der Waals surface area contributed by atoms with Crippen LogP contribution in [0, 0.1) is 5.92 Å². The standard InChI is InChI=1S/C21H26N2O2/c1-25-12-11-22-15-18-9-7-17(8-10-18)13-19-14-21(24)23(16-19)20-5-3-2-4-6-20/h2-10,19,22H,11-16H2,1H3. The zero-order valence-corrected chi connectivity index (χ0v) is 14.8. The number of rotatable bonds is 8. The van der Waals surface area contributed by atoms with Gasteiger partial charge in [-0.2, -0.15) is 0 Å².